The fraction of sp³-hybridized carbons (Fsp3) is 0.100. The maximum Gasteiger partial charge on any atom is 0.188 e. The minimum atomic E-state index is -0.712. The number of Topliss-reactive ketones (excluding diaryl/α,β-unsaturated/α-hetero) is 1. The summed E-state index contributed by atoms with van der Waals surface area (Å²) in [5.74, 6) is -0.200. The average molecular weight is 205 g/mol. The summed E-state index contributed by atoms with van der Waals surface area (Å²) in [7, 11) is 0. The first-order valence-corrected chi connectivity index (χ1v) is 4.42. The number of halogens is 1. The maximum absolute atomic E-state index is 11.6. The molecule has 1 heterocycles. The first-order chi connectivity index (χ1) is 6.72. The molecule has 14 heavy (non-hydrogen) atoms. The van der Waals surface area contributed by atoms with Crippen LogP contribution in [-0.2, 0) is 0 Å². The molecular formula is C10H5ClN2O. The summed E-state index contributed by atoms with van der Waals surface area (Å²) in [5.41, 5.74) is 1.44. The third kappa shape index (κ3) is 1.30. The lowest BCUT2D eigenvalue weighted by Gasteiger charge is -2.11. The molecule has 1 unspecified atom stereocenters. The van der Waals surface area contributed by atoms with Gasteiger partial charge < -0.3 is 0 Å². The quantitative estimate of drug-likeness (QED) is 0.608. The molecule has 0 spiro atoms. The number of nitrogens with zero attached hydrogens (tertiary/aromatic N) is 2. The van der Waals surface area contributed by atoms with Crippen molar-refractivity contribution in [3.05, 3.63) is 29.3 Å². The molecule has 0 aromatic heterocycles. The maximum atomic E-state index is 11.6. The highest BCUT2D eigenvalue weighted by Crippen LogP contribution is 2.26. The zero-order chi connectivity index (χ0) is 10.1. The molecule has 0 amide bonds. The lowest BCUT2D eigenvalue weighted by Crippen LogP contribution is -2.19. The van der Waals surface area contributed by atoms with Gasteiger partial charge in [0.25, 0.3) is 0 Å². The Bertz CT molecular complexity index is 474. The fourth-order valence-electron chi connectivity index (χ4n) is 1.28. The van der Waals surface area contributed by atoms with Crippen LogP contribution in [0.3, 0.4) is 0 Å². The fourth-order valence-corrected chi connectivity index (χ4v) is 1.45. The Kier molecular flexibility index (Phi) is 2.06. The van der Waals surface area contributed by atoms with Crippen LogP contribution < -0.4 is 0 Å². The Morgan fingerprint density at radius 2 is 2.29 bits per heavy atom. The van der Waals surface area contributed by atoms with Crippen molar-refractivity contribution in [1.82, 2.24) is 0 Å². The molecule has 0 bridgehead atoms. The molecule has 1 aromatic rings. The summed E-state index contributed by atoms with van der Waals surface area (Å²) < 4.78 is 0. The lowest BCUT2D eigenvalue weighted by atomic mass is 10.0. The summed E-state index contributed by atoms with van der Waals surface area (Å²) in [6.07, 6.45) is 1.40. The molecule has 0 saturated carbocycles. The number of nitriles is 1. The van der Waals surface area contributed by atoms with Crippen LogP contribution >= 0.6 is 11.6 Å². The van der Waals surface area contributed by atoms with Gasteiger partial charge in [0.15, 0.2) is 5.78 Å². The van der Waals surface area contributed by atoms with Crippen LogP contribution in [0.1, 0.15) is 15.9 Å². The van der Waals surface area contributed by atoms with Crippen molar-refractivity contribution in [3.63, 3.8) is 0 Å². The van der Waals surface area contributed by atoms with E-state index in [1.165, 1.54) is 12.3 Å². The zero-order valence-corrected chi connectivity index (χ0v) is 7.82. The Labute approximate surface area is 85.6 Å². The number of rotatable bonds is 0. The Hall–Kier alpha value is -1.66. The number of hydrogen-bond acceptors (Lipinski definition) is 3. The Balaban J connectivity index is 2.60. The molecule has 2 rings (SSSR count). The van der Waals surface area contributed by atoms with Gasteiger partial charge in [-0.25, -0.2) is 0 Å². The zero-order valence-electron chi connectivity index (χ0n) is 7.07. The molecule has 4 heteroatoms. The van der Waals surface area contributed by atoms with E-state index in [-0.39, 0.29) is 5.78 Å². The summed E-state index contributed by atoms with van der Waals surface area (Å²) >= 11 is 5.71. The standard InChI is InChI=1S/C10H5ClN2O/c11-8-5-13-9-2-1-6(4-12)3-7(9)10(8)14/h1-3,5,8H. The molecular weight excluding hydrogens is 200 g/mol. The minimum absolute atomic E-state index is 0.200. The van der Waals surface area contributed by atoms with Crippen LogP contribution in [0, 0.1) is 11.3 Å². The number of carbonyl (C=O) groups is 1. The number of aliphatic imine (C=N–C) groups is 1. The molecule has 0 aliphatic carbocycles. The number of benzene rings is 1. The van der Waals surface area contributed by atoms with Crippen molar-refractivity contribution in [1.29, 1.82) is 5.26 Å². The number of carbonyl (C=O) groups excluding carboxylic acids is 1. The van der Waals surface area contributed by atoms with E-state index in [9.17, 15) is 4.79 Å². The summed E-state index contributed by atoms with van der Waals surface area (Å²) in [5, 5.41) is 7.95. The van der Waals surface area contributed by atoms with Crippen molar-refractivity contribution in [2.75, 3.05) is 0 Å². The summed E-state index contributed by atoms with van der Waals surface area (Å²) in [6.45, 7) is 0. The molecule has 1 aliphatic heterocycles. The average Bonchev–Trinajstić information content (AvgIpc) is 2.23. The van der Waals surface area contributed by atoms with E-state index in [4.69, 9.17) is 16.9 Å². The van der Waals surface area contributed by atoms with E-state index in [1.54, 1.807) is 12.1 Å². The van der Waals surface area contributed by atoms with E-state index in [2.05, 4.69) is 4.99 Å². The molecule has 1 aromatic carbocycles. The predicted molar refractivity (Wildman–Crippen MR) is 53.3 cm³/mol. The summed E-state index contributed by atoms with van der Waals surface area (Å²) in [4.78, 5) is 15.6. The molecule has 68 valence electrons. The second kappa shape index (κ2) is 3.24. The number of ketones is 1. The van der Waals surface area contributed by atoms with Gasteiger partial charge in [0.1, 0.15) is 5.38 Å². The first-order valence-electron chi connectivity index (χ1n) is 3.99. The molecule has 0 N–H and O–H groups in total. The largest absolute Gasteiger partial charge is 0.292 e. The number of fused-ring (bicyclic) bond motifs is 1. The monoisotopic (exact) mass is 204 g/mol. The molecule has 1 atom stereocenters. The Morgan fingerprint density at radius 1 is 1.50 bits per heavy atom. The predicted octanol–water partition coefficient (Wildman–Crippen LogP) is 2.06. The molecule has 0 saturated heterocycles. The van der Waals surface area contributed by atoms with E-state index >= 15 is 0 Å². The van der Waals surface area contributed by atoms with Gasteiger partial charge in [0.2, 0.25) is 0 Å². The van der Waals surface area contributed by atoms with Gasteiger partial charge in [-0.15, -0.1) is 11.6 Å². The van der Waals surface area contributed by atoms with Crippen LogP contribution in [0.15, 0.2) is 23.2 Å². The smallest absolute Gasteiger partial charge is 0.188 e. The first kappa shape index (κ1) is 8.92. The Morgan fingerprint density at radius 3 is 3.00 bits per heavy atom. The molecule has 0 fully saturated rings. The van der Waals surface area contributed by atoms with Gasteiger partial charge in [-0.2, -0.15) is 5.26 Å². The highest BCUT2D eigenvalue weighted by molar-refractivity contribution is 6.43. The second-order valence-corrected chi connectivity index (χ2v) is 3.36. The van der Waals surface area contributed by atoms with Gasteiger partial charge in [-0.05, 0) is 18.2 Å². The highest BCUT2D eigenvalue weighted by atomic mass is 35.5. The van der Waals surface area contributed by atoms with Crippen molar-refractivity contribution in [3.8, 4) is 6.07 Å². The van der Waals surface area contributed by atoms with Crippen LogP contribution in [0.2, 0.25) is 0 Å². The number of hydrogen-bond donors (Lipinski definition) is 0. The lowest BCUT2D eigenvalue weighted by molar-refractivity contribution is 0.100. The van der Waals surface area contributed by atoms with Crippen molar-refractivity contribution >= 4 is 29.3 Å². The van der Waals surface area contributed by atoms with E-state index in [1.807, 2.05) is 6.07 Å². The normalized spacial score (nSPS) is 18.9. The molecule has 0 radical (unpaired) electrons. The van der Waals surface area contributed by atoms with Crippen LogP contribution in [0.5, 0.6) is 0 Å². The van der Waals surface area contributed by atoms with E-state index in [0.29, 0.717) is 16.8 Å². The van der Waals surface area contributed by atoms with Gasteiger partial charge in [-0.1, -0.05) is 0 Å². The van der Waals surface area contributed by atoms with Crippen LogP contribution in [-0.4, -0.2) is 17.4 Å². The molecule has 3 nitrogen and oxygen atoms in total. The van der Waals surface area contributed by atoms with Crippen LogP contribution in [0.25, 0.3) is 0 Å². The van der Waals surface area contributed by atoms with Gasteiger partial charge >= 0.3 is 0 Å². The van der Waals surface area contributed by atoms with Crippen molar-refractivity contribution in [2.45, 2.75) is 5.38 Å². The van der Waals surface area contributed by atoms with Gasteiger partial charge in [-0.3, -0.25) is 9.79 Å². The molecule has 1 aliphatic rings. The third-order valence-electron chi connectivity index (χ3n) is 1.99. The SMILES string of the molecule is N#Cc1ccc2c(c1)C(=O)C(Cl)C=N2. The third-order valence-corrected chi connectivity index (χ3v) is 2.30. The van der Waals surface area contributed by atoms with Crippen molar-refractivity contribution in [2.24, 2.45) is 4.99 Å². The van der Waals surface area contributed by atoms with Gasteiger partial charge in [0, 0.05) is 11.8 Å². The minimum Gasteiger partial charge on any atom is -0.292 e. The topological polar surface area (TPSA) is 53.2 Å². The summed E-state index contributed by atoms with van der Waals surface area (Å²) in [6, 6.07) is 6.75. The van der Waals surface area contributed by atoms with Crippen LogP contribution in [0.4, 0.5) is 5.69 Å². The van der Waals surface area contributed by atoms with Crippen molar-refractivity contribution < 1.29 is 4.79 Å². The number of alkyl halides is 1. The van der Waals surface area contributed by atoms with E-state index in [0.717, 1.165) is 0 Å². The van der Waals surface area contributed by atoms with Gasteiger partial charge in [0.05, 0.1) is 17.3 Å². The van der Waals surface area contributed by atoms with E-state index < -0.39 is 5.38 Å². The highest BCUT2D eigenvalue weighted by Gasteiger charge is 2.22. The second-order valence-electron chi connectivity index (χ2n) is 2.89.